The molecule has 0 bridgehead atoms. The normalized spacial score (nSPS) is 13.2. The number of rotatable bonds is 5. The number of fused-ring (bicyclic) bond motifs is 3. The van der Waals surface area contributed by atoms with Crippen LogP contribution in [0.1, 0.15) is 11.1 Å². The predicted octanol–water partition coefficient (Wildman–Crippen LogP) is 8.98. The first kappa shape index (κ1) is 27.9. The van der Waals surface area contributed by atoms with Gasteiger partial charge in [0.25, 0.3) is 0 Å². The Balaban J connectivity index is 1.27. The molecule has 2 N–H and O–H groups in total. The molecule has 0 atom stereocenters. The minimum Gasteiger partial charge on any atom is -0.410 e. The molecule has 7 heteroatoms. The summed E-state index contributed by atoms with van der Waals surface area (Å²) in [6, 6.07) is 40.1. The van der Waals surface area contributed by atoms with Crippen molar-refractivity contribution in [3.05, 3.63) is 151 Å². The Labute approximate surface area is 270 Å². The SMILES string of the molecule is N=C1/C(=N\O)C=Cc2c(-c3ccccc3)nc3c(-c4ccc(-c5cc(-c6ccccn6)nc(-c6ccccn6)c5)cc4)cccc3c21. The Hall–Kier alpha value is -6.60. The fourth-order valence-corrected chi connectivity index (χ4v) is 6.07. The van der Waals surface area contributed by atoms with Crippen LogP contribution in [0.2, 0.25) is 0 Å². The highest BCUT2D eigenvalue weighted by Crippen LogP contribution is 2.38. The lowest BCUT2D eigenvalue weighted by Gasteiger charge is -2.20. The summed E-state index contributed by atoms with van der Waals surface area (Å²) in [7, 11) is 0. The minimum absolute atomic E-state index is 0.159. The smallest absolute Gasteiger partial charge is 0.128 e. The quantitative estimate of drug-likeness (QED) is 0.150. The van der Waals surface area contributed by atoms with E-state index in [9.17, 15) is 5.21 Å². The van der Waals surface area contributed by atoms with Gasteiger partial charge in [0.1, 0.15) is 5.71 Å². The van der Waals surface area contributed by atoms with E-state index < -0.39 is 0 Å². The second-order valence-corrected chi connectivity index (χ2v) is 11.1. The van der Waals surface area contributed by atoms with Crippen molar-refractivity contribution in [3.8, 4) is 56.3 Å². The van der Waals surface area contributed by atoms with E-state index in [4.69, 9.17) is 15.4 Å². The lowest BCUT2D eigenvalue weighted by Crippen LogP contribution is -2.18. The Kier molecular flexibility index (Phi) is 6.96. The number of hydrogen-bond donors (Lipinski definition) is 2. The highest BCUT2D eigenvalue weighted by Gasteiger charge is 2.25. The first-order valence-corrected chi connectivity index (χ1v) is 15.2. The van der Waals surface area contributed by atoms with Gasteiger partial charge in [0.05, 0.1) is 39.7 Å². The van der Waals surface area contributed by atoms with Gasteiger partial charge in [0.15, 0.2) is 0 Å². The van der Waals surface area contributed by atoms with E-state index >= 15 is 0 Å². The van der Waals surface area contributed by atoms with Crippen molar-refractivity contribution in [2.24, 2.45) is 5.16 Å². The Morgan fingerprint density at radius 1 is 0.553 bits per heavy atom. The molecule has 0 saturated heterocycles. The molecule has 7 nitrogen and oxygen atoms in total. The van der Waals surface area contributed by atoms with Crippen LogP contribution in [0, 0.1) is 5.41 Å². The van der Waals surface area contributed by atoms with Gasteiger partial charge < -0.3 is 5.21 Å². The van der Waals surface area contributed by atoms with Crippen molar-refractivity contribution >= 4 is 28.4 Å². The van der Waals surface area contributed by atoms with Crippen molar-refractivity contribution in [2.45, 2.75) is 0 Å². The van der Waals surface area contributed by atoms with E-state index in [2.05, 4.69) is 57.6 Å². The molecular formula is C40H26N6O. The molecular weight excluding hydrogens is 580 g/mol. The van der Waals surface area contributed by atoms with Gasteiger partial charge in [0.2, 0.25) is 0 Å². The van der Waals surface area contributed by atoms with E-state index in [0.29, 0.717) is 5.56 Å². The number of oxime groups is 1. The largest absolute Gasteiger partial charge is 0.410 e. The molecule has 7 aromatic rings. The van der Waals surface area contributed by atoms with Gasteiger partial charge in [-0.15, -0.1) is 0 Å². The number of allylic oxidation sites excluding steroid dienone is 1. The van der Waals surface area contributed by atoms with Crippen LogP contribution in [0.5, 0.6) is 0 Å². The fourth-order valence-electron chi connectivity index (χ4n) is 6.07. The summed E-state index contributed by atoms with van der Waals surface area (Å²) < 4.78 is 0. The van der Waals surface area contributed by atoms with Gasteiger partial charge in [-0.25, -0.2) is 9.97 Å². The maximum absolute atomic E-state index is 9.63. The lowest BCUT2D eigenvalue weighted by molar-refractivity contribution is 0.320. The first-order chi connectivity index (χ1) is 23.2. The summed E-state index contributed by atoms with van der Waals surface area (Å²) in [6.07, 6.45) is 7.08. The molecule has 4 heterocycles. The third-order valence-electron chi connectivity index (χ3n) is 8.33. The van der Waals surface area contributed by atoms with E-state index in [0.717, 1.165) is 72.8 Å². The van der Waals surface area contributed by atoms with Crippen molar-refractivity contribution in [1.82, 2.24) is 19.9 Å². The van der Waals surface area contributed by atoms with E-state index in [-0.39, 0.29) is 11.4 Å². The monoisotopic (exact) mass is 606 g/mol. The third kappa shape index (κ3) is 5.06. The van der Waals surface area contributed by atoms with Gasteiger partial charge in [0, 0.05) is 40.0 Å². The van der Waals surface area contributed by atoms with E-state index in [1.807, 2.05) is 84.9 Å². The predicted molar refractivity (Wildman–Crippen MR) is 187 cm³/mol. The van der Waals surface area contributed by atoms with Crippen molar-refractivity contribution in [1.29, 1.82) is 5.41 Å². The van der Waals surface area contributed by atoms with E-state index in [1.54, 1.807) is 18.5 Å². The molecule has 1 aliphatic carbocycles. The summed E-state index contributed by atoms with van der Waals surface area (Å²) >= 11 is 0. The van der Waals surface area contributed by atoms with Gasteiger partial charge in [-0.3, -0.25) is 15.4 Å². The van der Waals surface area contributed by atoms with Gasteiger partial charge in [-0.05, 0) is 65.2 Å². The topological polar surface area (TPSA) is 108 Å². The Bertz CT molecular complexity index is 2290. The molecule has 3 aromatic carbocycles. The number of aromatic nitrogens is 4. The van der Waals surface area contributed by atoms with Crippen molar-refractivity contribution in [2.75, 3.05) is 0 Å². The zero-order valence-electron chi connectivity index (χ0n) is 25.0. The fraction of sp³-hybridized carbons (Fsp3) is 0. The summed E-state index contributed by atoms with van der Waals surface area (Å²) in [6.45, 7) is 0. The highest BCUT2D eigenvalue weighted by atomic mass is 16.4. The molecule has 4 aromatic heterocycles. The Morgan fingerprint density at radius 2 is 1.21 bits per heavy atom. The number of benzene rings is 3. The van der Waals surface area contributed by atoms with Crippen molar-refractivity contribution < 1.29 is 5.21 Å². The van der Waals surface area contributed by atoms with Crippen LogP contribution < -0.4 is 0 Å². The first-order valence-electron chi connectivity index (χ1n) is 15.2. The van der Waals surface area contributed by atoms with Crippen LogP contribution in [0.25, 0.3) is 73.3 Å². The number of nitrogens with one attached hydrogen (secondary N) is 1. The molecule has 1 aliphatic rings. The number of hydrogen-bond acceptors (Lipinski definition) is 7. The van der Waals surface area contributed by atoms with Crippen LogP contribution >= 0.6 is 0 Å². The van der Waals surface area contributed by atoms with Crippen LogP contribution in [-0.4, -0.2) is 36.6 Å². The maximum Gasteiger partial charge on any atom is 0.128 e. The molecule has 222 valence electrons. The molecule has 47 heavy (non-hydrogen) atoms. The zero-order valence-corrected chi connectivity index (χ0v) is 25.0. The van der Waals surface area contributed by atoms with Crippen LogP contribution in [0.15, 0.2) is 145 Å². The lowest BCUT2D eigenvalue weighted by atomic mass is 9.86. The third-order valence-corrected chi connectivity index (χ3v) is 8.33. The van der Waals surface area contributed by atoms with E-state index in [1.165, 1.54) is 0 Å². The van der Waals surface area contributed by atoms with Crippen molar-refractivity contribution in [3.63, 3.8) is 0 Å². The van der Waals surface area contributed by atoms with Crippen LogP contribution in [-0.2, 0) is 0 Å². The molecule has 0 fully saturated rings. The highest BCUT2D eigenvalue weighted by molar-refractivity contribution is 6.55. The second kappa shape index (κ2) is 11.7. The van der Waals surface area contributed by atoms with Gasteiger partial charge >= 0.3 is 0 Å². The molecule has 0 unspecified atom stereocenters. The minimum atomic E-state index is 0.159. The van der Waals surface area contributed by atoms with Crippen LogP contribution in [0.4, 0.5) is 0 Å². The molecule has 0 radical (unpaired) electrons. The molecule has 0 amide bonds. The number of para-hydroxylation sites is 1. The molecule has 0 aliphatic heterocycles. The average molecular weight is 607 g/mol. The van der Waals surface area contributed by atoms with Gasteiger partial charge in [-0.2, -0.15) is 0 Å². The summed E-state index contributed by atoms with van der Waals surface area (Å²) in [4.78, 5) is 19.2. The summed E-state index contributed by atoms with van der Waals surface area (Å²) in [5.74, 6) is 0. The zero-order chi connectivity index (χ0) is 31.7. The summed E-state index contributed by atoms with van der Waals surface area (Å²) in [5.41, 5.74) is 11.5. The van der Waals surface area contributed by atoms with Crippen LogP contribution in [0.3, 0.4) is 0 Å². The molecule has 8 rings (SSSR count). The average Bonchev–Trinajstić information content (AvgIpc) is 3.15. The van der Waals surface area contributed by atoms with Gasteiger partial charge in [-0.1, -0.05) is 90.1 Å². The summed E-state index contributed by atoms with van der Waals surface area (Å²) in [5, 5.41) is 22.8. The molecule has 0 saturated carbocycles. The standard InChI is InChI=1S/C40H26N6O/c41-38-34(46-47)20-19-31-37(38)30-12-8-11-29(40(30)45-39(31)27-9-2-1-3-10-27)26-17-15-25(16-18-26)28-23-35(32-13-4-6-21-42-32)44-36(24-28)33-14-5-7-22-43-33/h1-24,41,47H/b41-38?,46-34-. The number of pyridine rings is 4. The number of nitrogens with zero attached hydrogens (tertiary/aromatic N) is 5. The maximum atomic E-state index is 9.63. The molecule has 0 spiro atoms. The Morgan fingerprint density at radius 3 is 1.85 bits per heavy atom. The second-order valence-electron chi connectivity index (χ2n) is 11.1.